The molecule has 0 atom stereocenters. The molecule has 4 heteroatoms. The SMILES string of the molecule is Brc1ccc(NCCN2CCCOCC2)cc1. The van der Waals surface area contributed by atoms with Crippen LogP contribution < -0.4 is 5.32 Å². The van der Waals surface area contributed by atoms with Crippen LogP contribution in [0, 0.1) is 0 Å². The summed E-state index contributed by atoms with van der Waals surface area (Å²) < 4.78 is 6.55. The van der Waals surface area contributed by atoms with Crippen LogP contribution in [-0.4, -0.2) is 44.3 Å². The summed E-state index contributed by atoms with van der Waals surface area (Å²) in [5, 5.41) is 3.44. The van der Waals surface area contributed by atoms with Gasteiger partial charge in [-0.1, -0.05) is 15.9 Å². The summed E-state index contributed by atoms with van der Waals surface area (Å²) in [5.74, 6) is 0. The zero-order chi connectivity index (χ0) is 11.9. The first-order valence-electron chi connectivity index (χ1n) is 6.14. The van der Waals surface area contributed by atoms with Crippen LogP contribution >= 0.6 is 15.9 Å². The minimum atomic E-state index is 0.873. The predicted molar refractivity (Wildman–Crippen MR) is 74.5 cm³/mol. The average molecular weight is 299 g/mol. The van der Waals surface area contributed by atoms with Crippen molar-refractivity contribution in [2.24, 2.45) is 0 Å². The van der Waals surface area contributed by atoms with E-state index in [-0.39, 0.29) is 0 Å². The molecule has 0 unspecified atom stereocenters. The molecule has 1 N–H and O–H groups in total. The lowest BCUT2D eigenvalue weighted by Crippen LogP contribution is -2.31. The van der Waals surface area contributed by atoms with Gasteiger partial charge in [0, 0.05) is 42.9 Å². The smallest absolute Gasteiger partial charge is 0.0593 e. The number of benzene rings is 1. The van der Waals surface area contributed by atoms with Crippen LogP contribution in [0.25, 0.3) is 0 Å². The molecular weight excluding hydrogens is 280 g/mol. The van der Waals surface area contributed by atoms with Crippen molar-refractivity contribution >= 4 is 21.6 Å². The third-order valence-corrected chi connectivity index (χ3v) is 3.44. The molecule has 3 nitrogen and oxygen atoms in total. The van der Waals surface area contributed by atoms with Crippen molar-refractivity contribution in [3.63, 3.8) is 0 Å². The van der Waals surface area contributed by atoms with Gasteiger partial charge in [0.15, 0.2) is 0 Å². The summed E-state index contributed by atoms with van der Waals surface area (Å²) in [7, 11) is 0. The third-order valence-electron chi connectivity index (χ3n) is 2.92. The number of hydrogen-bond acceptors (Lipinski definition) is 3. The molecule has 2 rings (SSSR count). The van der Waals surface area contributed by atoms with E-state index in [0.29, 0.717) is 0 Å². The quantitative estimate of drug-likeness (QED) is 0.925. The van der Waals surface area contributed by atoms with Crippen molar-refractivity contribution in [2.45, 2.75) is 6.42 Å². The lowest BCUT2D eigenvalue weighted by molar-refractivity contribution is 0.142. The van der Waals surface area contributed by atoms with Gasteiger partial charge in [0.1, 0.15) is 0 Å². The van der Waals surface area contributed by atoms with E-state index in [0.717, 1.165) is 50.3 Å². The van der Waals surface area contributed by atoms with Crippen molar-refractivity contribution in [2.75, 3.05) is 44.7 Å². The molecule has 0 saturated carbocycles. The standard InChI is InChI=1S/C13H19BrN2O/c14-12-2-4-13(5-3-12)15-6-8-16-7-1-10-17-11-9-16/h2-5,15H,1,6-11H2. The molecule has 1 heterocycles. The monoisotopic (exact) mass is 298 g/mol. The van der Waals surface area contributed by atoms with Crippen molar-refractivity contribution in [3.8, 4) is 0 Å². The highest BCUT2D eigenvalue weighted by Gasteiger charge is 2.07. The Balaban J connectivity index is 1.69. The molecule has 1 aliphatic rings. The molecule has 0 aromatic heterocycles. The van der Waals surface area contributed by atoms with E-state index >= 15 is 0 Å². The maximum atomic E-state index is 5.44. The van der Waals surface area contributed by atoms with Crippen LogP contribution in [0.15, 0.2) is 28.7 Å². The Morgan fingerprint density at radius 2 is 2.00 bits per heavy atom. The summed E-state index contributed by atoms with van der Waals surface area (Å²) in [6.07, 6.45) is 1.15. The fourth-order valence-electron chi connectivity index (χ4n) is 1.95. The number of hydrogen-bond donors (Lipinski definition) is 1. The summed E-state index contributed by atoms with van der Waals surface area (Å²) in [5.41, 5.74) is 1.18. The molecule has 1 saturated heterocycles. The number of rotatable bonds is 4. The Kier molecular flexibility index (Phi) is 5.29. The molecule has 17 heavy (non-hydrogen) atoms. The van der Waals surface area contributed by atoms with E-state index in [9.17, 15) is 0 Å². The Labute approximate surface area is 111 Å². The first-order valence-corrected chi connectivity index (χ1v) is 6.93. The van der Waals surface area contributed by atoms with Gasteiger partial charge in [0.25, 0.3) is 0 Å². The minimum absolute atomic E-state index is 0.873. The van der Waals surface area contributed by atoms with E-state index < -0.39 is 0 Å². The van der Waals surface area contributed by atoms with Gasteiger partial charge < -0.3 is 10.1 Å². The van der Waals surface area contributed by atoms with Gasteiger partial charge in [0.05, 0.1) is 6.61 Å². The summed E-state index contributed by atoms with van der Waals surface area (Å²) in [4.78, 5) is 2.46. The van der Waals surface area contributed by atoms with Gasteiger partial charge in [-0.2, -0.15) is 0 Å². The van der Waals surface area contributed by atoms with Gasteiger partial charge in [-0.15, -0.1) is 0 Å². The molecule has 1 aromatic rings. The maximum absolute atomic E-state index is 5.44. The minimum Gasteiger partial charge on any atom is -0.384 e. The van der Waals surface area contributed by atoms with Gasteiger partial charge in [0.2, 0.25) is 0 Å². The number of nitrogens with one attached hydrogen (secondary N) is 1. The summed E-state index contributed by atoms with van der Waals surface area (Å²) in [6.45, 7) is 6.07. The Morgan fingerprint density at radius 3 is 2.82 bits per heavy atom. The van der Waals surface area contributed by atoms with Gasteiger partial charge in [-0.25, -0.2) is 0 Å². The molecule has 0 bridgehead atoms. The first kappa shape index (κ1) is 12.9. The van der Waals surface area contributed by atoms with E-state index in [4.69, 9.17) is 4.74 Å². The largest absolute Gasteiger partial charge is 0.384 e. The Bertz CT molecular complexity index is 321. The molecule has 1 aliphatic heterocycles. The van der Waals surface area contributed by atoms with Crippen molar-refractivity contribution in [1.82, 2.24) is 4.90 Å². The van der Waals surface area contributed by atoms with Crippen LogP contribution in [0.2, 0.25) is 0 Å². The molecule has 1 fully saturated rings. The van der Waals surface area contributed by atoms with Crippen molar-refractivity contribution in [1.29, 1.82) is 0 Å². The van der Waals surface area contributed by atoms with E-state index in [2.05, 4.69) is 50.4 Å². The fraction of sp³-hybridized carbons (Fsp3) is 0.538. The summed E-state index contributed by atoms with van der Waals surface area (Å²) in [6, 6.07) is 8.30. The highest BCUT2D eigenvalue weighted by molar-refractivity contribution is 9.10. The molecule has 0 spiro atoms. The molecule has 0 aliphatic carbocycles. The maximum Gasteiger partial charge on any atom is 0.0593 e. The highest BCUT2D eigenvalue weighted by atomic mass is 79.9. The molecule has 1 aromatic carbocycles. The normalized spacial score (nSPS) is 17.7. The van der Waals surface area contributed by atoms with Crippen LogP contribution in [0.4, 0.5) is 5.69 Å². The van der Waals surface area contributed by atoms with E-state index in [1.807, 2.05) is 0 Å². The topological polar surface area (TPSA) is 24.5 Å². The van der Waals surface area contributed by atoms with Gasteiger partial charge >= 0.3 is 0 Å². The number of anilines is 1. The predicted octanol–water partition coefficient (Wildman–Crippen LogP) is 2.58. The van der Waals surface area contributed by atoms with Gasteiger partial charge in [-0.05, 0) is 30.7 Å². The zero-order valence-corrected chi connectivity index (χ0v) is 11.6. The molecular formula is C13H19BrN2O. The Hall–Kier alpha value is -0.580. The van der Waals surface area contributed by atoms with E-state index in [1.165, 1.54) is 5.69 Å². The van der Waals surface area contributed by atoms with Crippen LogP contribution in [0.3, 0.4) is 0 Å². The van der Waals surface area contributed by atoms with E-state index in [1.54, 1.807) is 0 Å². The second-order valence-electron chi connectivity index (χ2n) is 4.24. The van der Waals surface area contributed by atoms with Crippen LogP contribution in [-0.2, 0) is 4.74 Å². The first-order chi connectivity index (χ1) is 8.34. The summed E-state index contributed by atoms with van der Waals surface area (Å²) >= 11 is 3.43. The second-order valence-corrected chi connectivity index (χ2v) is 5.16. The second kappa shape index (κ2) is 6.99. The molecule has 94 valence electrons. The number of halogens is 1. The van der Waals surface area contributed by atoms with Crippen LogP contribution in [0.5, 0.6) is 0 Å². The lowest BCUT2D eigenvalue weighted by Gasteiger charge is -2.19. The third kappa shape index (κ3) is 4.66. The zero-order valence-electron chi connectivity index (χ0n) is 9.99. The molecule has 0 radical (unpaired) electrons. The van der Waals surface area contributed by atoms with Crippen molar-refractivity contribution < 1.29 is 4.74 Å². The van der Waals surface area contributed by atoms with Crippen molar-refractivity contribution in [3.05, 3.63) is 28.7 Å². The lowest BCUT2D eigenvalue weighted by atomic mass is 10.3. The van der Waals surface area contributed by atoms with Crippen LogP contribution in [0.1, 0.15) is 6.42 Å². The molecule has 0 amide bonds. The number of nitrogens with zero attached hydrogens (tertiary/aromatic N) is 1. The van der Waals surface area contributed by atoms with Gasteiger partial charge in [-0.3, -0.25) is 4.90 Å². The Morgan fingerprint density at radius 1 is 1.18 bits per heavy atom. The highest BCUT2D eigenvalue weighted by Crippen LogP contribution is 2.13. The average Bonchev–Trinajstić information content (AvgIpc) is 2.60. The fourth-order valence-corrected chi connectivity index (χ4v) is 2.21. The number of ether oxygens (including phenoxy) is 1.